The standard InChI is InChI=1S/C15H16N2O3S/c1-3-9-8-11(13(16)18)15(21-9)17-14(19)10-6-4-5-7-12(10)20-2/h4-8H,3H2,1-2H3,(H2,16,18)(H,17,19). The summed E-state index contributed by atoms with van der Waals surface area (Å²) in [5, 5.41) is 3.20. The summed E-state index contributed by atoms with van der Waals surface area (Å²) in [5.41, 5.74) is 6.08. The molecule has 0 saturated heterocycles. The number of nitrogens with two attached hydrogens (primary N) is 1. The van der Waals surface area contributed by atoms with Crippen molar-refractivity contribution in [3.63, 3.8) is 0 Å². The number of hydrogen-bond donors (Lipinski definition) is 2. The molecule has 0 saturated carbocycles. The first-order valence-electron chi connectivity index (χ1n) is 6.43. The Bertz CT molecular complexity index is 679. The fourth-order valence-electron chi connectivity index (χ4n) is 1.89. The normalized spacial score (nSPS) is 10.2. The lowest BCUT2D eigenvalue weighted by Gasteiger charge is -2.08. The molecule has 21 heavy (non-hydrogen) atoms. The third-order valence-electron chi connectivity index (χ3n) is 2.98. The number of para-hydroxylation sites is 1. The Labute approximate surface area is 126 Å². The number of ether oxygens (including phenoxy) is 1. The molecule has 0 aliphatic carbocycles. The van der Waals surface area contributed by atoms with Crippen molar-refractivity contribution >= 4 is 28.2 Å². The minimum absolute atomic E-state index is 0.333. The Morgan fingerprint density at radius 3 is 2.62 bits per heavy atom. The van der Waals surface area contributed by atoms with Gasteiger partial charge in [0.2, 0.25) is 0 Å². The number of methoxy groups -OCH3 is 1. The lowest BCUT2D eigenvalue weighted by molar-refractivity contribution is 0.100. The van der Waals surface area contributed by atoms with Gasteiger partial charge in [-0.25, -0.2) is 0 Å². The monoisotopic (exact) mass is 304 g/mol. The van der Waals surface area contributed by atoms with Crippen LogP contribution in [0.4, 0.5) is 5.00 Å². The number of benzene rings is 1. The molecule has 1 heterocycles. The maximum absolute atomic E-state index is 12.3. The fraction of sp³-hybridized carbons (Fsp3) is 0.200. The van der Waals surface area contributed by atoms with Gasteiger partial charge in [0, 0.05) is 4.88 Å². The number of nitrogens with one attached hydrogen (secondary N) is 1. The van der Waals surface area contributed by atoms with Crippen LogP contribution >= 0.6 is 11.3 Å². The van der Waals surface area contributed by atoms with Crippen molar-refractivity contribution in [2.75, 3.05) is 12.4 Å². The van der Waals surface area contributed by atoms with Gasteiger partial charge in [0.05, 0.1) is 18.2 Å². The van der Waals surface area contributed by atoms with E-state index in [0.717, 1.165) is 11.3 Å². The molecule has 0 fully saturated rings. The highest BCUT2D eigenvalue weighted by Crippen LogP contribution is 2.29. The van der Waals surface area contributed by atoms with E-state index in [9.17, 15) is 9.59 Å². The molecule has 110 valence electrons. The molecule has 1 aromatic carbocycles. The topological polar surface area (TPSA) is 81.4 Å². The molecular formula is C15H16N2O3S. The van der Waals surface area contributed by atoms with Gasteiger partial charge in [-0.3, -0.25) is 9.59 Å². The molecule has 0 aliphatic heterocycles. The first kappa shape index (κ1) is 15.1. The second kappa shape index (κ2) is 6.41. The highest BCUT2D eigenvalue weighted by atomic mass is 32.1. The predicted octanol–water partition coefficient (Wildman–Crippen LogP) is 2.67. The summed E-state index contributed by atoms with van der Waals surface area (Å²) in [6.07, 6.45) is 0.773. The average Bonchev–Trinajstić information content (AvgIpc) is 2.90. The van der Waals surface area contributed by atoms with Crippen molar-refractivity contribution in [2.45, 2.75) is 13.3 Å². The van der Waals surface area contributed by atoms with E-state index in [1.165, 1.54) is 18.4 Å². The first-order valence-corrected chi connectivity index (χ1v) is 7.25. The van der Waals surface area contributed by atoms with Gasteiger partial charge in [0.1, 0.15) is 10.8 Å². The number of primary amides is 1. The number of amides is 2. The summed E-state index contributed by atoms with van der Waals surface area (Å²) in [6, 6.07) is 8.61. The van der Waals surface area contributed by atoms with E-state index in [1.54, 1.807) is 30.3 Å². The van der Waals surface area contributed by atoms with Crippen LogP contribution in [-0.4, -0.2) is 18.9 Å². The number of aryl methyl sites for hydroxylation is 1. The number of hydrogen-bond acceptors (Lipinski definition) is 4. The number of rotatable bonds is 5. The Kier molecular flexibility index (Phi) is 4.59. The summed E-state index contributed by atoms with van der Waals surface area (Å²) in [5.74, 6) is -0.413. The third-order valence-corrected chi connectivity index (χ3v) is 4.17. The van der Waals surface area contributed by atoms with E-state index in [2.05, 4.69) is 5.32 Å². The van der Waals surface area contributed by atoms with Crippen LogP contribution in [0.2, 0.25) is 0 Å². The Morgan fingerprint density at radius 1 is 1.29 bits per heavy atom. The Hall–Kier alpha value is -2.34. The van der Waals surface area contributed by atoms with Crippen LogP contribution < -0.4 is 15.8 Å². The SMILES string of the molecule is CCc1cc(C(N)=O)c(NC(=O)c2ccccc2OC)s1. The van der Waals surface area contributed by atoms with Gasteiger partial charge >= 0.3 is 0 Å². The zero-order valence-corrected chi connectivity index (χ0v) is 12.6. The van der Waals surface area contributed by atoms with Crippen LogP contribution in [0.15, 0.2) is 30.3 Å². The molecule has 0 aliphatic rings. The van der Waals surface area contributed by atoms with Gasteiger partial charge in [-0.1, -0.05) is 19.1 Å². The Balaban J connectivity index is 2.31. The first-order chi connectivity index (χ1) is 10.1. The van der Waals surface area contributed by atoms with Gasteiger partial charge in [0.15, 0.2) is 0 Å². The molecule has 0 spiro atoms. The zero-order chi connectivity index (χ0) is 15.4. The van der Waals surface area contributed by atoms with E-state index in [-0.39, 0.29) is 5.91 Å². The van der Waals surface area contributed by atoms with Crippen LogP contribution in [-0.2, 0) is 6.42 Å². The molecule has 5 nitrogen and oxygen atoms in total. The quantitative estimate of drug-likeness (QED) is 0.891. The van der Waals surface area contributed by atoms with Gasteiger partial charge in [0.25, 0.3) is 11.8 Å². The number of anilines is 1. The molecule has 1 aromatic heterocycles. The van der Waals surface area contributed by atoms with E-state index < -0.39 is 5.91 Å². The number of carbonyl (C=O) groups excluding carboxylic acids is 2. The molecule has 0 radical (unpaired) electrons. The molecule has 3 N–H and O–H groups in total. The smallest absolute Gasteiger partial charge is 0.260 e. The highest BCUT2D eigenvalue weighted by molar-refractivity contribution is 7.16. The van der Waals surface area contributed by atoms with Crippen LogP contribution in [0.5, 0.6) is 5.75 Å². The summed E-state index contributed by atoms with van der Waals surface area (Å²) >= 11 is 1.35. The molecule has 6 heteroatoms. The van der Waals surface area contributed by atoms with Crippen molar-refractivity contribution in [3.8, 4) is 5.75 Å². The molecule has 0 bridgehead atoms. The predicted molar refractivity (Wildman–Crippen MR) is 83.2 cm³/mol. The fourth-order valence-corrected chi connectivity index (χ4v) is 2.89. The van der Waals surface area contributed by atoms with E-state index >= 15 is 0 Å². The maximum atomic E-state index is 12.3. The molecular weight excluding hydrogens is 288 g/mol. The van der Waals surface area contributed by atoms with Crippen LogP contribution in [0, 0.1) is 0 Å². The molecule has 2 rings (SSSR count). The van der Waals surface area contributed by atoms with Gasteiger partial charge in [-0.15, -0.1) is 11.3 Å². The lowest BCUT2D eigenvalue weighted by atomic mass is 10.2. The molecule has 0 atom stereocenters. The van der Waals surface area contributed by atoms with Gasteiger partial charge in [-0.05, 0) is 24.6 Å². The second-order valence-corrected chi connectivity index (χ2v) is 5.46. The summed E-state index contributed by atoms with van der Waals surface area (Å²) in [7, 11) is 1.50. The zero-order valence-electron chi connectivity index (χ0n) is 11.8. The summed E-state index contributed by atoms with van der Waals surface area (Å²) in [4.78, 5) is 24.8. The maximum Gasteiger partial charge on any atom is 0.260 e. The van der Waals surface area contributed by atoms with Crippen LogP contribution in [0.25, 0.3) is 0 Å². The van der Waals surface area contributed by atoms with Crippen molar-refractivity contribution in [1.29, 1.82) is 0 Å². The molecule has 0 unspecified atom stereocenters. The van der Waals surface area contributed by atoms with E-state index in [0.29, 0.717) is 21.9 Å². The summed E-state index contributed by atoms with van der Waals surface area (Å²) < 4.78 is 5.16. The van der Waals surface area contributed by atoms with Crippen molar-refractivity contribution in [2.24, 2.45) is 5.73 Å². The number of thiophene rings is 1. The minimum Gasteiger partial charge on any atom is -0.496 e. The average molecular weight is 304 g/mol. The van der Waals surface area contributed by atoms with Crippen molar-refractivity contribution in [1.82, 2.24) is 0 Å². The molecule has 2 amide bonds. The highest BCUT2D eigenvalue weighted by Gasteiger charge is 2.18. The largest absolute Gasteiger partial charge is 0.496 e. The summed E-state index contributed by atoms with van der Waals surface area (Å²) in [6.45, 7) is 1.97. The van der Waals surface area contributed by atoms with E-state index in [4.69, 9.17) is 10.5 Å². The lowest BCUT2D eigenvalue weighted by Crippen LogP contribution is -2.17. The minimum atomic E-state index is -0.554. The third kappa shape index (κ3) is 3.22. The van der Waals surface area contributed by atoms with Crippen molar-refractivity contribution in [3.05, 3.63) is 46.3 Å². The molecule has 2 aromatic rings. The second-order valence-electron chi connectivity index (χ2n) is 4.33. The van der Waals surface area contributed by atoms with Crippen molar-refractivity contribution < 1.29 is 14.3 Å². The number of carbonyl (C=O) groups is 2. The van der Waals surface area contributed by atoms with Gasteiger partial charge < -0.3 is 15.8 Å². The van der Waals surface area contributed by atoms with Gasteiger partial charge in [-0.2, -0.15) is 0 Å². The van der Waals surface area contributed by atoms with Crippen LogP contribution in [0.3, 0.4) is 0 Å². The van der Waals surface area contributed by atoms with E-state index in [1.807, 2.05) is 6.92 Å². The Morgan fingerprint density at radius 2 is 2.00 bits per heavy atom. The van der Waals surface area contributed by atoms with Crippen LogP contribution in [0.1, 0.15) is 32.5 Å².